The van der Waals surface area contributed by atoms with E-state index in [0.717, 1.165) is 17.7 Å². The second-order valence-electron chi connectivity index (χ2n) is 4.71. The van der Waals surface area contributed by atoms with Crippen LogP contribution in [-0.4, -0.2) is 25.2 Å². The Morgan fingerprint density at radius 1 is 1.13 bits per heavy atom. The van der Waals surface area contributed by atoms with E-state index in [-0.39, 0.29) is 17.9 Å². The molecule has 0 amide bonds. The van der Waals surface area contributed by atoms with Crippen LogP contribution in [0.25, 0.3) is 11.4 Å². The van der Waals surface area contributed by atoms with E-state index >= 15 is 0 Å². The van der Waals surface area contributed by atoms with Gasteiger partial charge >= 0.3 is 6.18 Å². The molecule has 0 saturated carbocycles. The van der Waals surface area contributed by atoms with Gasteiger partial charge in [0.1, 0.15) is 5.15 Å². The third-order valence-corrected chi connectivity index (χ3v) is 3.24. The first kappa shape index (κ1) is 15.4. The lowest BCUT2D eigenvalue weighted by Crippen LogP contribution is -2.05. The van der Waals surface area contributed by atoms with E-state index in [2.05, 4.69) is 20.4 Å². The summed E-state index contributed by atoms with van der Waals surface area (Å²) in [6.45, 7) is 0.288. The summed E-state index contributed by atoms with van der Waals surface area (Å²) in [7, 11) is 0. The van der Waals surface area contributed by atoms with Gasteiger partial charge in [0.05, 0.1) is 12.1 Å². The SMILES string of the molecule is FC(F)(F)c1cccc(-c2nnn(Cc3ccc(Cl)nc3)n2)c1. The predicted octanol–water partition coefficient (Wildman–Crippen LogP) is 3.46. The minimum absolute atomic E-state index is 0.123. The summed E-state index contributed by atoms with van der Waals surface area (Å²) < 4.78 is 38.2. The molecule has 3 rings (SSSR count). The molecule has 5 nitrogen and oxygen atoms in total. The fourth-order valence-electron chi connectivity index (χ4n) is 1.92. The van der Waals surface area contributed by atoms with Crippen molar-refractivity contribution in [1.82, 2.24) is 25.2 Å². The summed E-state index contributed by atoms with van der Waals surface area (Å²) in [4.78, 5) is 5.21. The predicted molar refractivity (Wildman–Crippen MR) is 76.6 cm³/mol. The summed E-state index contributed by atoms with van der Waals surface area (Å²) in [5.74, 6) is 0.123. The Morgan fingerprint density at radius 2 is 1.96 bits per heavy atom. The van der Waals surface area contributed by atoms with Crippen molar-refractivity contribution in [3.05, 3.63) is 58.9 Å². The average Bonchev–Trinajstić information content (AvgIpc) is 2.97. The van der Waals surface area contributed by atoms with Gasteiger partial charge in [0.2, 0.25) is 5.82 Å². The minimum atomic E-state index is -4.42. The van der Waals surface area contributed by atoms with Crippen LogP contribution in [0.5, 0.6) is 0 Å². The molecule has 0 aliphatic carbocycles. The molecule has 2 heterocycles. The maximum Gasteiger partial charge on any atom is 0.416 e. The molecule has 3 aromatic rings. The van der Waals surface area contributed by atoms with Crippen LogP contribution in [-0.2, 0) is 12.7 Å². The van der Waals surface area contributed by atoms with Gasteiger partial charge in [-0.25, -0.2) is 4.98 Å². The van der Waals surface area contributed by atoms with Gasteiger partial charge in [-0.3, -0.25) is 0 Å². The van der Waals surface area contributed by atoms with Crippen LogP contribution in [0.1, 0.15) is 11.1 Å². The van der Waals surface area contributed by atoms with E-state index in [0.29, 0.717) is 5.15 Å². The lowest BCUT2D eigenvalue weighted by Gasteiger charge is -2.06. The first-order valence-corrected chi connectivity index (χ1v) is 6.85. The zero-order valence-corrected chi connectivity index (χ0v) is 12.3. The van der Waals surface area contributed by atoms with Gasteiger partial charge in [0.15, 0.2) is 0 Å². The monoisotopic (exact) mass is 339 g/mol. The van der Waals surface area contributed by atoms with Crippen molar-refractivity contribution in [1.29, 1.82) is 0 Å². The highest BCUT2D eigenvalue weighted by Gasteiger charge is 2.30. The molecule has 0 bridgehead atoms. The van der Waals surface area contributed by atoms with E-state index in [4.69, 9.17) is 11.6 Å². The normalized spacial score (nSPS) is 11.7. The Labute approximate surface area is 133 Å². The Bertz CT molecular complexity index is 814. The largest absolute Gasteiger partial charge is 0.416 e. The number of halogens is 4. The molecule has 0 radical (unpaired) electrons. The van der Waals surface area contributed by atoms with Crippen LogP contribution in [0.2, 0.25) is 5.15 Å². The van der Waals surface area contributed by atoms with E-state index in [1.165, 1.54) is 16.9 Å². The standard InChI is InChI=1S/C14H9ClF3N5/c15-12-5-4-9(7-19-12)8-23-21-13(20-22-23)10-2-1-3-11(6-10)14(16,17)18/h1-7H,8H2. The molecule has 0 aliphatic heterocycles. The van der Waals surface area contributed by atoms with Crippen molar-refractivity contribution in [3.8, 4) is 11.4 Å². The molecule has 2 aromatic heterocycles. The molecule has 0 atom stereocenters. The van der Waals surface area contributed by atoms with Gasteiger partial charge in [0, 0.05) is 11.8 Å². The molecular weight excluding hydrogens is 331 g/mol. The summed E-state index contributed by atoms with van der Waals surface area (Å²) in [6, 6.07) is 8.17. The molecule has 0 saturated heterocycles. The third kappa shape index (κ3) is 3.65. The second-order valence-corrected chi connectivity index (χ2v) is 5.10. The van der Waals surface area contributed by atoms with Gasteiger partial charge in [-0.1, -0.05) is 29.8 Å². The minimum Gasteiger partial charge on any atom is -0.244 e. The quantitative estimate of drug-likeness (QED) is 0.686. The lowest BCUT2D eigenvalue weighted by molar-refractivity contribution is -0.137. The molecule has 9 heteroatoms. The van der Waals surface area contributed by atoms with Gasteiger partial charge < -0.3 is 0 Å². The highest BCUT2D eigenvalue weighted by Crippen LogP contribution is 2.31. The van der Waals surface area contributed by atoms with Crippen LogP contribution in [0, 0.1) is 0 Å². The molecule has 0 aliphatic rings. The summed E-state index contributed by atoms with van der Waals surface area (Å²) in [6.07, 6.45) is -2.85. The van der Waals surface area contributed by atoms with Crippen molar-refractivity contribution in [2.24, 2.45) is 0 Å². The smallest absolute Gasteiger partial charge is 0.244 e. The molecule has 0 fully saturated rings. The second kappa shape index (κ2) is 5.96. The van der Waals surface area contributed by atoms with Gasteiger partial charge in [-0.15, -0.1) is 10.2 Å². The number of pyridine rings is 1. The Balaban J connectivity index is 1.83. The number of tetrazole rings is 1. The number of aromatic nitrogens is 5. The number of nitrogens with zero attached hydrogens (tertiary/aromatic N) is 5. The van der Waals surface area contributed by atoms with Crippen molar-refractivity contribution in [2.75, 3.05) is 0 Å². The summed E-state index contributed by atoms with van der Waals surface area (Å²) in [5, 5.41) is 12.1. The molecule has 23 heavy (non-hydrogen) atoms. The van der Waals surface area contributed by atoms with E-state index in [9.17, 15) is 13.2 Å². The van der Waals surface area contributed by atoms with Crippen LogP contribution < -0.4 is 0 Å². The molecule has 0 spiro atoms. The molecular formula is C14H9ClF3N5. The highest BCUT2D eigenvalue weighted by molar-refractivity contribution is 6.29. The van der Waals surface area contributed by atoms with Crippen molar-refractivity contribution in [3.63, 3.8) is 0 Å². The van der Waals surface area contributed by atoms with Crippen molar-refractivity contribution >= 4 is 11.6 Å². The van der Waals surface area contributed by atoms with E-state index in [1.54, 1.807) is 18.3 Å². The molecule has 0 N–H and O–H groups in total. The first-order chi connectivity index (χ1) is 10.9. The Hall–Kier alpha value is -2.48. The van der Waals surface area contributed by atoms with Crippen LogP contribution >= 0.6 is 11.6 Å². The number of hydrogen-bond donors (Lipinski definition) is 0. The van der Waals surface area contributed by atoms with E-state index in [1.807, 2.05) is 0 Å². The number of alkyl halides is 3. The van der Waals surface area contributed by atoms with Crippen LogP contribution in [0.3, 0.4) is 0 Å². The summed E-state index contributed by atoms with van der Waals surface area (Å²) >= 11 is 5.70. The fraction of sp³-hybridized carbons (Fsp3) is 0.143. The Morgan fingerprint density at radius 3 is 2.65 bits per heavy atom. The van der Waals surface area contributed by atoms with Gasteiger partial charge in [0.25, 0.3) is 0 Å². The zero-order valence-electron chi connectivity index (χ0n) is 11.5. The van der Waals surface area contributed by atoms with Gasteiger partial charge in [-0.05, 0) is 29.0 Å². The van der Waals surface area contributed by atoms with E-state index < -0.39 is 11.7 Å². The first-order valence-electron chi connectivity index (χ1n) is 6.48. The number of rotatable bonds is 3. The van der Waals surface area contributed by atoms with Crippen molar-refractivity contribution in [2.45, 2.75) is 12.7 Å². The lowest BCUT2D eigenvalue weighted by atomic mass is 10.1. The maximum atomic E-state index is 12.7. The summed E-state index contributed by atoms with van der Waals surface area (Å²) in [5.41, 5.74) is 0.288. The average molecular weight is 340 g/mol. The zero-order chi connectivity index (χ0) is 16.4. The molecule has 0 unspecified atom stereocenters. The number of benzene rings is 1. The van der Waals surface area contributed by atoms with Crippen molar-refractivity contribution < 1.29 is 13.2 Å². The Kier molecular flexibility index (Phi) is 3.99. The molecule has 1 aromatic carbocycles. The maximum absolute atomic E-state index is 12.7. The van der Waals surface area contributed by atoms with Crippen LogP contribution in [0.15, 0.2) is 42.6 Å². The van der Waals surface area contributed by atoms with Gasteiger partial charge in [-0.2, -0.15) is 18.0 Å². The molecule has 118 valence electrons. The number of hydrogen-bond acceptors (Lipinski definition) is 4. The van der Waals surface area contributed by atoms with Crippen LogP contribution in [0.4, 0.5) is 13.2 Å². The highest BCUT2D eigenvalue weighted by atomic mass is 35.5. The topological polar surface area (TPSA) is 56.5 Å². The third-order valence-electron chi connectivity index (χ3n) is 3.01. The fourth-order valence-corrected chi connectivity index (χ4v) is 2.04.